The average molecular weight is 485 g/mol. The maximum atomic E-state index is 2.33. The monoisotopic (exact) mass is 484 g/mol. The van der Waals surface area contributed by atoms with Crippen molar-refractivity contribution in [1.82, 2.24) is 0 Å². The highest BCUT2D eigenvalue weighted by Crippen LogP contribution is 2.46. The molecule has 0 saturated carbocycles. The minimum Gasteiger partial charge on any atom is -0.0616 e. The third-order valence-corrected chi connectivity index (χ3v) is 7.83. The molecule has 0 aromatic heterocycles. The number of fused-ring (bicyclic) bond motifs is 3. The molecule has 0 heteroatoms. The molecule has 0 bridgehead atoms. The van der Waals surface area contributed by atoms with Crippen molar-refractivity contribution in [3.05, 3.63) is 145 Å². The molecule has 0 heterocycles. The lowest BCUT2D eigenvalue weighted by atomic mass is 9.83. The van der Waals surface area contributed by atoms with Crippen LogP contribution < -0.4 is 0 Å². The molecule has 180 valence electrons. The topological polar surface area (TPSA) is 0 Å². The number of aryl methyl sites for hydroxylation is 2. The molecule has 7 aromatic carbocycles. The summed E-state index contributed by atoms with van der Waals surface area (Å²) in [6.45, 7) is 4.29. The smallest absolute Gasteiger partial charge is 0.00201 e. The van der Waals surface area contributed by atoms with Gasteiger partial charge in [-0.15, -0.1) is 0 Å². The summed E-state index contributed by atoms with van der Waals surface area (Å²) in [6.07, 6.45) is 0. The van der Waals surface area contributed by atoms with Crippen molar-refractivity contribution in [3.8, 4) is 33.4 Å². The summed E-state index contributed by atoms with van der Waals surface area (Å²) < 4.78 is 0. The van der Waals surface area contributed by atoms with Gasteiger partial charge in [-0.2, -0.15) is 0 Å². The minimum atomic E-state index is 1.25. The second kappa shape index (κ2) is 9.01. The summed E-state index contributed by atoms with van der Waals surface area (Å²) in [5, 5.41) is 7.71. The molecular weight excluding hydrogens is 456 g/mol. The molecule has 0 amide bonds. The van der Waals surface area contributed by atoms with Gasteiger partial charge in [-0.3, -0.25) is 0 Å². The molecule has 0 aliphatic rings. The number of benzene rings is 7. The van der Waals surface area contributed by atoms with Crippen molar-refractivity contribution in [2.24, 2.45) is 0 Å². The van der Waals surface area contributed by atoms with E-state index in [-0.39, 0.29) is 0 Å². The van der Waals surface area contributed by atoms with Crippen molar-refractivity contribution >= 4 is 32.3 Å². The van der Waals surface area contributed by atoms with Crippen LogP contribution in [0.25, 0.3) is 65.7 Å². The third-order valence-electron chi connectivity index (χ3n) is 7.83. The van der Waals surface area contributed by atoms with Crippen molar-refractivity contribution in [2.45, 2.75) is 13.8 Å². The second-order valence-corrected chi connectivity index (χ2v) is 10.3. The van der Waals surface area contributed by atoms with Crippen LogP contribution in [0.5, 0.6) is 0 Å². The normalized spacial score (nSPS) is 11.4. The van der Waals surface area contributed by atoms with Gasteiger partial charge in [-0.05, 0) is 79.5 Å². The molecule has 0 nitrogen and oxygen atoms in total. The van der Waals surface area contributed by atoms with E-state index < -0.39 is 0 Å². The van der Waals surface area contributed by atoms with Gasteiger partial charge in [0, 0.05) is 0 Å². The molecule has 0 aliphatic heterocycles. The lowest BCUT2D eigenvalue weighted by Gasteiger charge is -2.19. The van der Waals surface area contributed by atoms with Gasteiger partial charge >= 0.3 is 0 Å². The van der Waals surface area contributed by atoms with Gasteiger partial charge in [0.1, 0.15) is 0 Å². The Morgan fingerprint density at radius 1 is 0.289 bits per heavy atom. The van der Waals surface area contributed by atoms with E-state index in [9.17, 15) is 0 Å². The van der Waals surface area contributed by atoms with Gasteiger partial charge in [0.15, 0.2) is 0 Å². The molecule has 0 fully saturated rings. The molecule has 0 N–H and O–H groups in total. The van der Waals surface area contributed by atoms with Gasteiger partial charge in [0.25, 0.3) is 0 Å². The SMILES string of the molecule is Cc1ccc(-c2ccc(-c3c4ccccc4c(-c4ccc(C)cc4)c4ccccc34)c3ccccc23)cc1. The Kier molecular flexibility index (Phi) is 5.34. The average Bonchev–Trinajstić information content (AvgIpc) is 2.97. The predicted octanol–water partition coefficient (Wildman–Crippen LogP) is 10.8. The van der Waals surface area contributed by atoms with E-state index in [2.05, 4.69) is 147 Å². The van der Waals surface area contributed by atoms with Crippen LogP contribution in [0, 0.1) is 13.8 Å². The largest absolute Gasteiger partial charge is 0.0616 e. The summed E-state index contributed by atoms with van der Waals surface area (Å²) in [4.78, 5) is 0. The van der Waals surface area contributed by atoms with Gasteiger partial charge in [-0.25, -0.2) is 0 Å². The highest BCUT2D eigenvalue weighted by atomic mass is 14.2. The van der Waals surface area contributed by atoms with Crippen LogP contribution in [-0.2, 0) is 0 Å². The zero-order valence-electron chi connectivity index (χ0n) is 21.7. The molecule has 0 aliphatic carbocycles. The Labute approximate surface area is 223 Å². The molecule has 0 unspecified atom stereocenters. The van der Waals surface area contributed by atoms with E-state index in [4.69, 9.17) is 0 Å². The summed E-state index contributed by atoms with van der Waals surface area (Å²) in [6, 6.07) is 49.1. The van der Waals surface area contributed by atoms with Gasteiger partial charge in [0.2, 0.25) is 0 Å². The van der Waals surface area contributed by atoms with Gasteiger partial charge < -0.3 is 0 Å². The number of hydrogen-bond donors (Lipinski definition) is 0. The van der Waals surface area contributed by atoms with Crippen molar-refractivity contribution in [3.63, 3.8) is 0 Å². The Hall–Kier alpha value is -4.68. The summed E-state index contributed by atoms with van der Waals surface area (Å²) in [5.41, 5.74) is 10.2. The van der Waals surface area contributed by atoms with Crippen LogP contribution in [0.15, 0.2) is 133 Å². The van der Waals surface area contributed by atoms with E-state index in [1.807, 2.05) is 0 Å². The Morgan fingerprint density at radius 2 is 0.658 bits per heavy atom. The Bertz CT molecular complexity index is 1900. The molecule has 7 aromatic rings. The lowest BCUT2D eigenvalue weighted by Crippen LogP contribution is -1.92. The standard InChI is InChI=1S/C38H28/c1-25-15-19-27(20-16-25)29-23-24-36(31-10-4-3-9-30(29)31)38-34-13-7-5-11-32(34)37(28-21-17-26(2)18-22-28)33-12-6-8-14-35(33)38/h3-24H,1-2H3. The number of rotatable bonds is 3. The van der Waals surface area contributed by atoms with Crippen LogP contribution >= 0.6 is 0 Å². The highest BCUT2D eigenvalue weighted by Gasteiger charge is 2.18. The van der Waals surface area contributed by atoms with Crippen LogP contribution in [0.4, 0.5) is 0 Å². The molecule has 0 spiro atoms. The highest BCUT2D eigenvalue weighted by molar-refractivity contribution is 6.24. The van der Waals surface area contributed by atoms with E-state index in [0.29, 0.717) is 0 Å². The maximum absolute atomic E-state index is 2.33. The maximum Gasteiger partial charge on any atom is -0.00201 e. The van der Waals surface area contributed by atoms with Gasteiger partial charge in [-0.1, -0.05) is 145 Å². The fraction of sp³-hybridized carbons (Fsp3) is 0.0526. The van der Waals surface area contributed by atoms with Crippen molar-refractivity contribution in [2.75, 3.05) is 0 Å². The van der Waals surface area contributed by atoms with Crippen molar-refractivity contribution < 1.29 is 0 Å². The molecular formula is C38H28. The molecule has 0 radical (unpaired) electrons. The summed E-state index contributed by atoms with van der Waals surface area (Å²) in [5.74, 6) is 0. The fourth-order valence-corrected chi connectivity index (χ4v) is 5.95. The zero-order chi connectivity index (χ0) is 25.6. The van der Waals surface area contributed by atoms with E-state index >= 15 is 0 Å². The minimum absolute atomic E-state index is 1.25. The van der Waals surface area contributed by atoms with Crippen molar-refractivity contribution in [1.29, 1.82) is 0 Å². The predicted molar refractivity (Wildman–Crippen MR) is 165 cm³/mol. The number of hydrogen-bond acceptors (Lipinski definition) is 0. The van der Waals surface area contributed by atoms with Crippen LogP contribution in [-0.4, -0.2) is 0 Å². The molecule has 0 atom stereocenters. The Balaban J connectivity index is 1.59. The zero-order valence-corrected chi connectivity index (χ0v) is 21.7. The first-order chi connectivity index (χ1) is 18.7. The Morgan fingerprint density at radius 3 is 1.16 bits per heavy atom. The molecule has 7 rings (SSSR count). The first-order valence-electron chi connectivity index (χ1n) is 13.3. The molecule has 0 saturated heterocycles. The van der Waals surface area contributed by atoms with Gasteiger partial charge in [0.05, 0.1) is 0 Å². The third kappa shape index (κ3) is 3.61. The fourth-order valence-electron chi connectivity index (χ4n) is 5.95. The lowest BCUT2D eigenvalue weighted by molar-refractivity contribution is 1.47. The van der Waals surface area contributed by atoms with E-state index in [1.54, 1.807) is 0 Å². The van der Waals surface area contributed by atoms with E-state index in [1.165, 1.54) is 76.8 Å². The van der Waals surface area contributed by atoms with Crippen LogP contribution in [0.2, 0.25) is 0 Å². The second-order valence-electron chi connectivity index (χ2n) is 10.3. The summed E-state index contributed by atoms with van der Waals surface area (Å²) >= 11 is 0. The van der Waals surface area contributed by atoms with E-state index in [0.717, 1.165) is 0 Å². The van der Waals surface area contributed by atoms with Crippen LogP contribution in [0.3, 0.4) is 0 Å². The first kappa shape index (κ1) is 22.5. The quantitative estimate of drug-likeness (QED) is 0.219. The van der Waals surface area contributed by atoms with Crippen LogP contribution in [0.1, 0.15) is 11.1 Å². The summed E-state index contributed by atoms with van der Waals surface area (Å²) in [7, 11) is 0. The first-order valence-corrected chi connectivity index (χ1v) is 13.3. The molecule has 38 heavy (non-hydrogen) atoms.